The minimum absolute atomic E-state index is 0.642. The van der Waals surface area contributed by atoms with Crippen molar-refractivity contribution in [1.29, 1.82) is 0 Å². The molecule has 2 N–H and O–H groups in total. The van der Waals surface area contributed by atoms with E-state index in [0.717, 1.165) is 11.3 Å². The van der Waals surface area contributed by atoms with Gasteiger partial charge in [0.1, 0.15) is 12.5 Å². The molecule has 0 amide bonds. The van der Waals surface area contributed by atoms with E-state index in [1.807, 2.05) is 25.2 Å². The summed E-state index contributed by atoms with van der Waals surface area (Å²) >= 11 is 0. The van der Waals surface area contributed by atoms with Gasteiger partial charge in [-0.1, -0.05) is 12.1 Å². The highest BCUT2D eigenvalue weighted by atomic mass is 15.2. The van der Waals surface area contributed by atoms with Gasteiger partial charge in [-0.05, 0) is 12.1 Å². The van der Waals surface area contributed by atoms with Gasteiger partial charge in [0, 0.05) is 18.3 Å². The Morgan fingerprint density at radius 3 is 2.92 bits per heavy atom. The number of hydrogen-bond acceptors (Lipinski definition) is 3. The number of para-hydroxylation sites is 1. The zero-order valence-electron chi connectivity index (χ0n) is 6.99. The number of hydrogen-bond donors (Lipinski definition) is 1. The van der Waals surface area contributed by atoms with E-state index in [2.05, 4.69) is 16.0 Å². The van der Waals surface area contributed by atoms with E-state index in [-0.39, 0.29) is 0 Å². The van der Waals surface area contributed by atoms with E-state index >= 15 is 0 Å². The Morgan fingerprint density at radius 1 is 1.42 bits per heavy atom. The molecular weight excluding hydrogens is 150 g/mol. The van der Waals surface area contributed by atoms with Gasteiger partial charge in [-0.3, -0.25) is 0 Å². The molecule has 62 valence electrons. The van der Waals surface area contributed by atoms with Gasteiger partial charge in [0.05, 0.1) is 0 Å². The summed E-state index contributed by atoms with van der Waals surface area (Å²) in [5, 5.41) is 0. The molecule has 3 nitrogen and oxygen atoms in total. The van der Waals surface area contributed by atoms with Crippen molar-refractivity contribution in [2.75, 3.05) is 18.6 Å². The van der Waals surface area contributed by atoms with Crippen LogP contribution in [0.15, 0.2) is 29.3 Å². The van der Waals surface area contributed by atoms with Crippen molar-refractivity contribution >= 4 is 11.5 Å². The highest BCUT2D eigenvalue weighted by Crippen LogP contribution is 2.21. The SMILES string of the molecule is CN1CN=C(N)c2ccccc21. The quantitative estimate of drug-likeness (QED) is 0.611. The van der Waals surface area contributed by atoms with Gasteiger partial charge >= 0.3 is 0 Å². The maximum atomic E-state index is 5.73. The molecule has 1 aromatic rings. The maximum Gasteiger partial charge on any atom is 0.129 e. The second-order valence-corrected chi connectivity index (χ2v) is 2.90. The molecule has 0 fully saturated rings. The van der Waals surface area contributed by atoms with Gasteiger partial charge in [-0.15, -0.1) is 0 Å². The lowest BCUT2D eigenvalue weighted by atomic mass is 10.1. The van der Waals surface area contributed by atoms with Gasteiger partial charge in [0.15, 0.2) is 0 Å². The topological polar surface area (TPSA) is 41.6 Å². The first-order valence-corrected chi connectivity index (χ1v) is 3.89. The average Bonchev–Trinajstić information content (AvgIpc) is 2.12. The first-order valence-electron chi connectivity index (χ1n) is 3.89. The number of amidine groups is 1. The number of nitrogens with zero attached hydrogens (tertiary/aromatic N) is 2. The average molecular weight is 161 g/mol. The lowest BCUT2D eigenvalue weighted by Crippen LogP contribution is -2.29. The van der Waals surface area contributed by atoms with Crippen molar-refractivity contribution in [3.05, 3.63) is 29.8 Å². The number of benzene rings is 1. The number of rotatable bonds is 0. The van der Waals surface area contributed by atoms with Crippen LogP contribution in [-0.2, 0) is 0 Å². The minimum Gasteiger partial charge on any atom is -0.383 e. The molecule has 2 rings (SSSR count). The Bertz CT molecular complexity index is 330. The van der Waals surface area contributed by atoms with Crippen LogP contribution in [0.25, 0.3) is 0 Å². The van der Waals surface area contributed by atoms with Crippen molar-refractivity contribution in [3.8, 4) is 0 Å². The lowest BCUT2D eigenvalue weighted by molar-refractivity contribution is 0.913. The minimum atomic E-state index is 0.642. The summed E-state index contributed by atoms with van der Waals surface area (Å²) in [6, 6.07) is 8.02. The van der Waals surface area contributed by atoms with Crippen LogP contribution in [0.4, 0.5) is 5.69 Å². The Labute approximate surface area is 71.5 Å². The molecule has 0 radical (unpaired) electrons. The van der Waals surface area contributed by atoms with Crippen LogP contribution in [0, 0.1) is 0 Å². The Morgan fingerprint density at radius 2 is 2.17 bits per heavy atom. The third-order valence-corrected chi connectivity index (χ3v) is 2.04. The highest BCUT2D eigenvalue weighted by molar-refractivity contribution is 6.03. The highest BCUT2D eigenvalue weighted by Gasteiger charge is 2.13. The zero-order valence-corrected chi connectivity index (χ0v) is 6.99. The summed E-state index contributed by atoms with van der Waals surface area (Å²) in [6.07, 6.45) is 0. The molecule has 1 aliphatic rings. The third-order valence-electron chi connectivity index (χ3n) is 2.04. The van der Waals surface area contributed by atoms with Crippen LogP contribution in [0.3, 0.4) is 0 Å². The second kappa shape index (κ2) is 2.52. The molecular formula is C9H11N3. The number of anilines is 1. The van der Waals surface area contributed by atoms with Crippen LogP contribution < -0.4 is 10.6 Å². The number of aliphatic imine (C=N–C) groups is 1. The Hall–Kier alpha value is -1.51. The van der Waals surface area contributed by atoms with Gasteiger partial charge < -0.3 is 10.6 Å². The standard InChI is InChI=1S/C9H11N3/c1-12-6-11-9(10)7-4-2-3-5-8(7)12/h2-5H,6H2,1H3,(H2,10,11). The molecule has 1 aromatic carbocycles. The predicted molar refractivity (Wildman–Crippen MR) is 50.4 cm³/mol. The molecule has 12 heavy (non-hydrogen) atoms. The van der Waals surface area contributed by atoms with Crippen LogP contribution in [0.2, 0.25) is 0 Å². The lowest BCUT2D eigenvalue weighted by Gasteiger charge is -2.24. The Kier molecular flexibility index (Phi) is 1.50. The van der Waals surface area contributed by atoms with Crippen molar-refractivity contribution < 1.29 is 0 Å². The fourth-order valence-electron chi connectivity index (χ4n) is 1.37. The molecule has 0 saturated carbocycles. The zero-order chi connectivity index (χ0) is 8.55. The van der Waals surface area contributed by atoms with Crippen LogP contribution in [0.1, 0.15) is 5.56 Å². The third kappa shape index (κ3) is 0.942. The number of nitrogens with two attached hydrogens (primary N) is 1. The van der Waals surface area contributed by atoms with E-state index in [1.165, 1.54) is 0 Å². The van der Waals surface area contributed by atoms with E-state index in [4.69, 9.17) is 5.73 Å². The molecule has 3 heteroatoms. The molecule has 0 aliphatic carbocycles. The summed E-state index contributed by atoms with van der Waals surface area (Å²) in [7, 11) is 2.01. The summed E-state index contributed by atoms with van der Waals surface area (Å²) in [5.74, 6) is 0.642. The van der Waals surface area contributed by atoms with Crippen molar-refractivity contribution in [3.63, 3.8) is 0 Å². The molecule has 0 spiro atoms. The van der Waals surface area contributed by atoms with Crippen LogP contribution >= 0.6 is 0 Å². The molecule has 0 unspecified atom stereocenters. The Balaban J connectivity index is 2.58. The van der Waals surface area contributed by atoms with E-state index in [1.54, 1.807) is 0 Å². The monoisotopic (exact) mass is 161 g/mol. The van der Waals surface area contributed by atoms with E-state index < -0.39 is 0 Å². The van der Waals surface area contributed by atoms with Crippen LogP contribution in [-0.4, -0.2) is 19.6 Å². The molecule has 1 aliphatic heterocycles. The van der Waals surface area contributed by atoms with Crippen molar-refractivity contribution in [2.24, 2.45) is 10.7 Å². The largest absolute Gasteiger partial charge is 0.383 e. The number of fused-ring (bicyclic) bond motifs is 1. The normalized spacial score (nSPS) is 15.4. The molecule has 0 bridgehead atoms. The fraction of sp³-hybridized carbons (Fsp3) is 0.222. The summed E-state index contributed by atoms with van der Waals surface area (Å²) in [4.78, 5) is 6.25. The van der Waals surface area contributed by atoms with E-state index in [9.17, 15) is 0 Å². The molecule has 0 aromatic heterocycles. The first kappa shape index (κ1) is 7.16. The molecule has 1 heterocycles. The summed E-state index contributed by atoms with van der Waals surface area (Å²) < 4.78 is 0. The smallest absolute Gasteiger partial charge is 0.129 e. The van der Waals surface area contributed by atoms with Gasteiger partial charge in [-0.25, -0.2) is 4.99 Å². The maximum absolute atomic E-state index is 5.73. The van der Waals surface area contributed by atoms with Gasteiger partial charge in [-0.2, -0.15) is 0 Å². The summed E-state index contributed by atoms with van der Waals surface area (Å²) in [5.41, 5.74) is 7.92. The van der Waals surface area contributed by atoms with Gasteiger partial charge in [0.25, 0.3) is 0 Å². The van der Waals surface area contributed by atoms with Crippen molar-refractivity contribution in [2.45, 2.75) is 0 Å². The second-order valence-electron chi connectivity index (χ2n) is 2.90. The fourth-order valence-corrected chi connectivity index (χ4v) is 1.37. The van der Waals surface area contributed by atoms with Gasteiger partial charge in [0.2, 0.25) is 0 Å². The molecule has 0 saturated heterocycles. The summed E-state index contributed by atoms with van der Waals surface area (Å²) in [6.45, 7) is 0.656. The molecule has 0 atom stereocenters. The first-order chi connectivity index (χ1) is 5.79. The van der Waals surface area contributed by atoms with Crippen molar-refractivity contribution in [1.82, 2.24) is 0 Å². The predicted octanol–water partition coefficient (Wildman–Crippen LogP) is 0.799. The van der Waals surface area contributed by atoms with Crippen LogP contribution in [0.5, 0.6) is 0 Å². The van der Waals surface area contributed by atoms with E-state index in [0.29, 0.717) is 12.5 Å².